The number of Topliss-reactive ketones (excluding diaryl/α,β-unsaturated/α-hetero) is 2. The average Bonchev–Trinajstić information content (AvgIpc) is 3.14. The Kier molecular flexibility index (Phi) is 12.8. The summed E-state index contributed by atoms with van der Waals surface area (Å²) in [5.74, 6) is -1.18. The Bertz CT molecular complexity index is 2330. The van der Waals surface area contributed by atoms with Crippen LogP contribution in [0, 0.1) is 5.82 Å². The molecule has 0 atom stereocenters. The lowest BCUT2D eigenvalue weighted by Crippen LogP contribution is -2.28. The van der Waals surface area contributed by atoms with E-state index in [1.165, 1.54) is 35.3 Å². The fourth-order valence-corrected chi connectivity index (χ4v) is 6.12. The third-order valence-corrected chi connectivity index (χ3v) is 8.88. The molecule has 2 heterocycles. The third kappa shape index (κ3) is 8.77. The summed E-state index contributed by atoms with van der Waals surface area (Å²) in [6, 6.07) is 26.8. The maximum Gasteiger partial charge on any atom is 0.291 e. The minimum atomic E-state index is -0.532. The van der Waals surface area contributed by atoms with Gasteiger partial charge in [-0.25, -0.2) is 13.8 Å². The molecule has 0 saturated carbocycles. The predicted octanol–water partition coefficient (Wildman–Crippen LogP) is 9.85. The quantitative estimate of drug-likeness (QED) is 0.131. The first kappa shape index (κ1) is 39.6. The second-order valence-corrected chi connectivity index (χ2v) is 13.1. The summed E-state index contributed by atoms with van der Waals surface area (Å²) in [4.78, 5) is 50.6. The number of ketones is 2. The molecule has 0 radical (unpaired) electrons. The highest BCUT2D eigenvalue weighted by Gasteiger charge is 2.24. The fourth-order valence-electron chi connectivity index (χ4n) is 5.56. The Morgan fingerprint density at radius 3 is 1.46 bits per heavy atom. The monoisotopic (exact) mass is 786 g/mol. The van der Waals surface area contributed by atoms with E-state index in [1.807, 2.05) is 6.92 Å². The Morgan fingerprint density at radius 1 is 0.630 bits per heavy atom. The van der Waals surface area contributed by atoms with Crippen molar-refractivity contribution in [1.82, 2.24) is 19.6 Å². The van der Waals surface area contributed by atoms with Crippen LogP contribution in [-0.2, 0) is 13.1 Å². The highest BCUT2D eigenvalue weighted by Crippen LogP contribution is 2.32. The molecule has 0 saturated heterocycles. The Labute approximate surface area is 325 Å². The molecule has 4 aromatic carbocycles. The van der Waals surface area contributed by atoms with Crippen molar-refractivity contribution in [3.8, 4) is 22.5 Å². The second kappa shape index (κ2) is 17.5. The number of halogens is 4. The number of rotatable bonds is 10. The van der Waals surface area contributed by atoms with Gasteiger partial charge in [0.1, 0.15) is 28.6 Å². The van der Waals surface area contributed by atoms with Crippen LogP contribution < -0.4 is 21.8 Å². The summed E-state index contributed by atoms with van der Waals surface area (Å²) in [7, 11) is 0. The molecule has 0 spiro atoms. The van der Waals surface area contributed by atoms with Crippen LogP contribution in [0.3, 0.4) is 0 Å². The topological polar surface area (TPSA) is 128 Å². The molecule has 6 aromatic rings. The summed E-state index contributed by atoms with van der Waals surface area (Å²) in [5, 5.41) is 16.0. The smallest absolute Gasteiger partial charge is 0.291 e. The van der Waals surface area contributed by atoms with Gasteiger partial charge in [-0.05, 0) is 76.2 Å². The van der Waals surface area contributed by atoms with E-state index in [4.69, 9.17) is 34.8 Å². The number of nitrogens with zero attached hydrogens (tertiary/aromatic N) is 4. The van der Waals surface area contributed by atoms with E-state index in [0.717, 1.165) is 0 Å². The summed E-state index contributed by atoms with van der Waals surface area (Å²) in [6.07, 6.45) is 0. The lowest BCUT2D eigenvalue weighted by Gasteiger charge is -2.16. The van der Waals surface area contributed by atoms with E-state index in [-0.39, 0.29) is 46.3 Å². The standard InChI is InChI=1S/C20H17Cl2N3O2.C20H17ClFN3O2/c2*1-3-25-20(27)19(23-16-10-5-4-9-15(16)22)17(12(2)26)18(24-25)13-7-6-8-14(21)11-13/h2*4-11,23H,3H2,1-2H3. The van der Waals surface area contributed by atoms with Gasteiger partial charge in [0.25, 0.3) is 11.1 Å². The summed E-state index contributed by atoms with van der Waals surface area (Å²) in [5.41, 5.74) is 2.09. The van der Waals surface area contributed by atoms with E-state index in [0.29, 0.717) is 49.8 Å². The van der Waals surface area contributed by atoms with Crippen molar-refractivity contribution in [3.63, 3.8) is 0 Å². The average molecular weight is 788 g/mol. The van der Waals surface area contributed by atoms with Gasteiger partial charge in [0.15, 0.2) is 11.6 Å². The van der Waals surface area contributed by atoms with E-state index in [9.17, 15) is 23.6 Å². The lowest BCUT2D eigenvalue weighted by atomic mass is 10.0. The van der Waals surface area contributed by atoms with Crippen molar-refractivity contribution in [3.05, 3.63) is 150 Å². The first-order chi connectivity index (χ1) is 25.8. The van der Waals surface area contributed by atoms with Gasteiger partial charge in [-0.15, -0.1) is 0 Å². The van der Waals surface area contributed by atoms with Crippen molar-refractivity contribution in [2.45, 2.75) is 40.8 Å². The van der Waals surface area contributed by atoms with Crippen LogP contribution in [0.5, 0.6) is 0 Å². The molecule has 54 heavy (non-hydrogen) atoms. The second-order valence-electron chi connectivity index (χ2n) is 11.8. The Morgan fingerprint density at radius 2 is 1.06 bits per heavy atom. The number of carbonyl (C=O) groups is 2. The van der Waals surface area contributed by atoms with Gasteiger partial charge in [-0.2, -0.15) is 10.2 Å². The molecular weight excluding hydrogens is 754 g/mol. The Hall–Kier alpha value is -5.62. The molecule has 276 valence electrons. The molecule has 0 aliphatic heterocycles. The van der Waals surface area contributed by atoms with Crippen LogP contribution in [-0.4, -0.2) is 31.1 Å². The molecule has 2 N–H and O–H groups in total. The van der Waals surface area contributed by atoms with Crippen molar-refractivity contribution in [2.75, 3.05) is 10.6 Å². The maximum absolute atomic E-state index is 14.1. The van der Waals surface area contributed by atoms with Crippen LogP contribution in [0.4, 0.5) is 27.1 Å². The van der Waals surface area contributed by atoms with Gasteiger partial charge < -0.3 is 10.6 Å². The number of aromatic nitrogens is 4. The first-order valence-corrected chi connectivity index (χ1v) is 17.8. The zero-order valence-electron chi connectivity index (χ0n) is 29.6. The molecule has 0 bridgehead atoms. The fraction of sp³-hybridized carbons (Fsp3) is 0.150. The van der Waals surface area contributed by atoms with Gasteiger partial charge in [0.05, 0.1) is 27.5 Å². The molecular formula is C40H34Cl3FN6O4. The van der Waals surface area contributed by atoms with Crippen molar-refractivity contribution in [2.24, 2.45) is 0 Å². The van der Waals surface area contributed by atoms with Crippen LogP contribution in [0.2, 0.25) is 15.1 Å². The van der Waals surface area contributed by atoms with Crippen LogP contribution >= 0.6 is 34.8 Å². The number of para-hydroxylation sites is 2. The van der Waals surface area contributed by atoms with Crippen molar-refractivity contribution in [1.29, 1.82) is 0 Å². The molecule has 10 nitrogen and oxygen atoms in total. The number of hydrogen-bond donors (Lipinski definition) is 2. The number of hydrogen-bond acceptors (Lipinski definition) is 8. The van der Waals surface area contributed by atoms with Gasteiger partial charge in [-0.3, -0.25) is 19.2 Å². The van der Waals surface area contributed by atoms with Crippen LogP contribution in [0.25, 0.3) is 22.5 Å². The normalized spacial score (nSPS) is 10.7. The molecule has 0 amide bonds. The Balaban J connectivity index is 0.000000208. The SMILES string of the molecule is CCn1nc(-c2cccc(Cl)c2)c(C(C)=O)c(Nc2ccccc2Cl)c1=O.CCn1nc(-c2cccc(Cl)c2)c(C(C)=O)c(Nc2ccccc2F)c1=O. The van der Waals surface area contributed by atoms with Gasteiger partial charge in [0.2, 0.25) is 0 Å². The number of anilines is 4. The summed E-state index contributed by atoms with van der Waals surface area (Å²) >= 11 is 18.4. The molecule has 0 aliphatic carbocycles. The molecule has 0 aliphatic rings. The van der Waals surface area contributed by atoms with Crippen molar-refractivity contribution >= 4 is 69.1 Å². The first-order valence-electron chi connectivity index (χ1n) is 16.7. The molecule has 2 aromatic heterocycles. The highest BCUT2D eigenvalue weighted by atomic mass is 35.5. The number of aryl methyl sites for hydroxylation is 2. The lowest BCUT2D eigenvalue weighted by molar-refractivity contribution is 0.101. The third-order valence-electron chi connectivity index (χ3n) is 8.08. The van der Waals surface area contributed by atoms with E-state index in [1.54, 1.807) is 91.9 Å². The molecule has 6 rings (SSSR count). The largest absolute Gasteiger partial charge is 0.349 e. The molecule has 0 fully saturated rings. The van der Waals surface area contributed by atoms with Gasteiger partial charge in [-0.1, -0.05) is 83.3 Å². The number of nitrogens with one attached hydrogen (secondary N) is 2. The molecule has 0 unspecified atom stereocenters. The zero-order chi connectivity index (χ0) is 39.1. The van der Waals surface area contributed by atoms with Gasteiger partial charge >= 0.3 is 0 Å². The van der Waals surface area contributed by atoms with E-state index in [2.05, 4.69) is 20.8 Å². The maximum atomic E-state index is 14.1. The number of carbonyl (C=O) groups excluding carboxylic acids is 2. The minimum absolute atomic E-state index is 0.0144. The van der Waals surface area contributed by atoms with Gasteiger partial charge in [0, 0.05) is 34.3 Å². The number of benzene rings is 4. The van der Waals surface area contributed by atoms with E-state index >= 15 is 0 Å². The minimum Gasteiger partial charge on any atom is -0.349 e. The summed E-state index contributed by atoms with van der Waals surface area (Å²) in [6.45, 7) is 6.95. The van der Waals surface area contributed by atoms with Crippen LogP contribution in [0.15, 0.2) is 107 Å². The van der Waals surface area contributed by atoms with E-state index < -0.39 is 16.9 Å². The van der Waals surface area contributed by atoms with Crippen LogP contribution in [0.1, 0.15) is 48.4 Å². The predicted molar refractivity (Wildman–Crippen MR) is 214 cm³/mol. The summed E-state index contributed by atoms with van der Waals surface area (Å²) < 4.78 is 16.6. The van der Waals surface area contributed by atoms with Crippen molar-refractivity contribution < 1.29 is 14.0 Å². The molecule has 14 heteroatoms. The zero-order valence-corrected chi connectivity index (χ0v) is 31.9. The highest BCUT2D eigenvalue weighted by molar-refractivity contribution is 6.33.